The van der Waals surface area contributed by atoms with Gasteiger partial charge < -0.3 is 9.47 Å². The van der Waals surface area contributed by atoms with Crippen molar-refractivity contribution >= 4 is 21.6 Å². The molecule has 7 nitrogen and oxygen atoms in total. The first kappa shape index (κ1) is 15.7. The van der Waals surface area contributed by atoms with Gasteiger partial charge in [-0.3, -0.25) is 4.90 Å². The van der Waals surface area contributed by atoms with Crippen LogP contribution in [0.1, 0.15) is 0 Å². The number of rotatable bonds is 5. The molecule has 2 heterocycles. The highest BCUT2D eigenvalue weighted by Gasteiger charge is 2.22. The fraction of sp³-hybridized carbons (Fsp3) is 0.727. The molecule has 0 atom stereocenters. The normalized spacial score (nSPS) is 18.6. The first-order valence-corrected chi connectivity index (χ1v) is 8.33. The maximum absolute atomic E-state index is 12.1. The molecule has 1 aromatic rings. The third kappa shape index (κ3) is 3.70. The van der Waals surface area contributed by atoms with Crippen molar-refractivity contribution in [1.29, 1.82) is 0 Å². The van der Waals surface area contributed by atoms with E-state index in [0.717, 1.165) is 26.2 Å². The molecule has 9 heteroatoms. The highest BCUT2D eigenvalue weighted by Crippen LogP contribution is 2.17. The van der Waals surface area contributed by atoms with Crippen molar-refractivity contribution in [2.24, 2.45) is 7.05 Å². The van der Waals surface area contributed by atoms with Crippen LogP contribution >= 0.6 is 11.6 Å². The maximum atomic E-state index is 12.1. The van der Waals surface area contributed by atoms with Crippen molar-refractivity contribution in [1.82, 2.24) is 24.1 Å². The quantitative estimate of drug-likeness (QED) is 0.799. The van der Waals surface area contributed by atoms with Gasteiger partial charge in [0, 0.05) is 46.3 Å². The standard InChI is InChI=1S/C11H20ClN5O2S/c1-15-5-7-17(8-6-15)4-3-14-20(18,19)11-10(12)16(2)9-13-11/h9,14H,3-8H2,1-2H3. The van der Waals surface area contributed by atoms with Gasteiger partial charge in [-0.1, -0.05) is 11.6 Å². The molecule has 0 radical (unpaired) electrons. The molecule has 20 heavy (non-hydrogen) atoms. The van der Waals surface area contributed by atoms with E-state index in [2.05, 4.69) is 26.6 Å². The fourth-order valence-electron chi connectivity index (χ4n) is 2.05. The Hall–Kier alpha value is -0.670. The molecule has 2 rings (SSSR count). The number of sulfonamides is 1. The SMILES string of the molecule is CN1CCN(CCNS(=O)(=O)c2ncn(C)c2Cl)CC1. The van der Waals surface area contributed by atoms with Gasteiger partial charge in [-0.25, -0.2) is 18.1 Å². The average Bonchev–Trinajstić information content (AvgIpc) is 2.73. The molecule has 1 saturated heterocycles. The number of piperazine rings is 1. The van der Waals surface area contributed by atoms with Crippen molar-refractivity contribution in [3.63, 3.8) is 0 Å². The van der Waals surface area contributed by atoms with E-state index in [4.69, 9.17) is 11.6 Å². The molecular formula is C11H20ClN5O2S. The Morgan fingerprint density at radius 1 is 1.30 bits per heavy atom. The summed E-state index contributed by atoms with van der Waals surface area (Å²) in [5.41, 5.74) is 0. The third-order valence-electron chi connectivity index (χ3n) is 3.40. The molecule has 0 amide bonds. The Bertz CT molecular complexity index is 551. The van der Waals surface area contributed by atoms with Crippen LogP contribution in [0.5, 0.6) is 0 Å². The van der Waals surface area contributed by atoms with Crippen molar-refractivity contribution in [3.8, 4) is 0 Å². The van der Waals surface area contributed by atoms with Gasteiger partial charge in [0.15, 0.2) is 0 Å². The van der Waals surface area contributed by atoms with Crippen LogP contribution in [0.2, 0.25) is 5.15 Å². The second-order valence-corrected chi connectivity index (χ2v) is 7.03. The zero-order valence-corrected chi connectivity index (χ0v) is 13.3. The van der Waals surface area contributed by atoms with Crippen LogP contribution in [0.15, 0.2) is 11.4 Å². The Balaban J connectivity index is 1.86. The third-order valence-corrected chi connectivity index (χ3v) is 5.35. The summed E-state index contributed by atoms with van der Waals surface area (Å²) in [5.74, 6) is 0. The minimum absolute atomic E-state index is 0.111. The Morgan fingerprint density at radius 3 is 2.50 bits per heavy atom. The number of hydrogen-bond acceptors (Lipinski definition) is 5. The molecule has 0 saturated carbocycles. The number of nitrogens with one attached hydrogen (secondary N) is 1. The Labute approximate surface area is 124 Å². The summed E-state index contributed by atoms with van der Waals surface area (Å²) in [6, 6.07) is 0. The molecule has 0 unspecified atom stereocenters. The molecule has 0 aromatic carbocycles. The number of halogens is 1. The van der Waals surface area contributed by atoms with Crippen LogP contribution < -0.4 is 4.72 Å². The van der Waals surface area contributed by atoms with Crippen molar-refractivity contribution in [2.75, 3.05) is 46.3 Å². The van der Waals surface area contributed by atoms with E-state index in [1.165, 1.54) is 10.9 Å². The summed E-state index contributed by atoms with van der Waals surface area (Å²) in [5, 5.41) is 0.0112. The average molecular weight is 322 g/mol. The van der Waals surface area contributed by atoms with Gasteiger partial charge in [-0.2, -0.15) is 0 Å². The van der Waals surface area contributed by atoms with E-state index >= 15 is 0 Å². The summed E-state index contributed by atoms with van der Waals surface area (Å²) in [6.45, 7) is 5.00. The molecular weight excluding hydrogens is 302 g/mol. The van der Waals surface area contributed by atoms with Crippen LogP contribution in [-0.2, 0) is 17.1 Å². The summed E-state index contributed by atoms with van der Waals surface area (Å²) in [7, 11) is 0.105. The lowest BCUT2D eigenvalue weighted by Gasteiger charge is -2.32. The van der Waals surface area contributed by atoms with Crippen LogP contribution in [0.3, 0.4) is 0 Å². The van der Waals surface area contributed by atoms with Gasteiger partial charge >= 0.3 is 0 Å². The number of aromatic nitrogens is 2. The lowest BCUT2D eigenvalue weighted by atomic mass is 10.3. The van der Waals surface area contributed by atoms with Crippen LogP contribution in [0.4, 0.5) is 0 Å². The van der Waals surface area contributed by atoms with Gasteiger partial charge in [0.25, 0.3) is 10.0 Å². The highest BCUT2D eigenvalue weighted by atomic mass is 35.5. The summed E-state index contributed by atoms with van der Waals surface area (Å²) in [4.78, 5) is 8.32. The predicted molar refractivity (Wildman–Crippen MR) is 77.3 cm³/mol. The number of imidazole rings is 1. The largest absolute Gasteiger partial charge is 0.324 e. The molecule has 1 aromatic heterocycles. The smallest absolute Gasteiger partial charge is 0.261 e. The van der Waals surface area contributed by atoms with Crippen molar-refractivity contribution in [3.05, 3.63) is 11.5 Å². The topological polar surface area (TPSA) is 70.5 Å². The second-order valence-electron chi connectivity index (χ2n) is 4.99. The van der Waals surface area contributed by atoms with E-state index in [9.17, 15) is 8.42 Å². The van der Waals surface area contributed by atoms with E-state index in [1.54, 1.807) is 7.05 Å². The number of likely N-dealkylation sites (N-methyl/N-ethyl adjacent to an activating group) is 1. The summed E-state index contributed by atoms with van der Waals surface area (Å²) >= 11 is 5.90. The van der Waals surface area contributed by atoms with E-state index < -0.39 is 10.0 Å². The van der Waals surface area contributed by atoms with Crippen LogP contribution in [0, 0.1) is 0 Å². The molecule has 1 N–H and O–H groups in total. The minimum Gasteiger partial charge on any atom is -0.324 e. The van der Waals surface area contributed by atoms with Gasteiger partial charge in [0.2, 0.25) is 5.03 Å². The predicted octanol–water partition coefficient (Wildman–Crippen LogP) is -0.401. The van der Waals surface area contributed by atoms with E-state index in [1.807, 2.05) is 0 Å². The van der Waals surface area contributed by atoms with Gasteiger partial charge in [-0.15, -0.1) is 0 Å². The molecule has 0 aliphatic carbocycles. The molecule has 1 fully saturated rings. The van der Waals surface area contributed by atoms with Crippen molar-refractivity contribution < 1.29 is 8.42 Å². The molecule has 1 aliphatic heterocycles. The molecule has 0 bridgehead atoms. The summed E-state index contributed by atoms with van der Waals surface area (Å²) in [6.07, 6.45) is 1.39. The van der Waals surface area contributed by atoms with Gasteiger partial charge in [0.1, 0.15) is 5.15 Å². The monoisotopic (exact) mass is 321 g/mol. The van der Waals surface area contributed by atoms with Crippen LogP contribution in [0.25, 0.3) is 0 Å². The molecule has 0 spiro atoms. The van der Waals surface area contributed by atoms with E-state index in [0.29, 0.717) is 13.1 Å². The summed E-state index contributed by atoms with van der Waals surface area (Å²) < 4.78 is 28.1. The first-order chi connectivity index (χ1) is 9.40. The fourth-order valence-corrected chi connectivity index (χ4v) is 3.50. The Kier molecular flexibility index (Phi) is 5.03. The van der Waals surface area contributed by atoms with Crippen LogP contribution in [-0.4, -0.2) is 74.1 Å². The molecule has 114 valence electrons. The lowest BCUT2D eigenvalue weighted by molar-refractivity contribution is 0.156. The zero-order valence-electron chi connectivity index (χ0n) is 11.7. The van der Waals surface area contributed by atoms with Crippen molar-refractivity contribution in [2.45, 2.75) is 5.03 Å². The Morgan fingerprint density at radius 2 is 1.95 bits per heavy atom. The zero-order chi connectivity index (χ0) is 14.8. The maximum Gasteiger partial charge on any atom is 0.261 e. The number of aryl methyl sites for hydroxylation is 1. The van der Waals surface area contributed by atoms with Gasteiger partial charge in [-0.05, 0) is 7.05 Å². The second kappa shape index (κ2) is 6.40. The lowest BCUT2D eigenvalue weighted by Crippen LogP contribution is -2.46. The number of hydrogen-bond donors (Lipinski definition) is 1. The molecule has 1 aliphatic rings. The highest BCUT2D eigenvalue weighted by molar-refractivity contribution is 7.89. The number of nitrogens with zero attached hydrogens (tertiary/aromatic N) is 4. The minimum atomic E-state index is -3.63. The van der Waals surface area contributed by atoms with Gasteiger partial charge in [0.05, 0.1) is 6.33 Å². The first-order valence-electron chi connectivity index (χ1n) is 6.47. The van der Waals surface area contributed by atoms with E-state index in [-0.39, 0.29) is 10.2 Å².